The molecule has 0 radical (unpaired) electrons. The molecule has 2 heteroatoms. The van der Waals surface area contributed by atoms with E-state index in [2.05, 4.69) is 53.4 Å². The molecule has 1 fully saturated rings. The number of likely N-dealkylation sites (tertiary alicyclic amines) is 1. The molecule has 2 nitrogen and oxygen atoms in total. The highest BCUT2D eigenvalue weighted by atomic mass is 16.5. The van der Waals surface area contributed by atoms with E-state index in [1.54, 1.807) is 0 Å². The van der Waals surface area contributed by atoms with Crippen molar-refractivity contribution in [3.05, 3.63) is 59.7 Å². The van der Waals surface area contributed by atoms with Crippen molar-refractivity contribution in [1.29, 1.82) is 0 Å². The van der Waals surface area contributed by atoms with E-state index in [-0.39, 0.29) is 0 Å². The summed E-state index contributed by atoms with van der Waals surface area (Å²) in [5, 5.41) is 0. The van der Waals surface area contributed by atoms with Gasteiger partial charge in [0.15, 0.2) is 0 Å². The Kier molecular flexibility index (Phi) is 3.86. The first-order chi connectivity index (χ1) is 10.9. The summed E-state index contributed by atoms with van der Waals surface area (Å²) in [5.41, 5.74) is 2.69. The van der Waals surface area contributed by atoms with Gasteiger partial charge in [-0.15, -0.1) is 0 Å². The summed E-state index contributed by atoms with van der Waals surface area (Å²) in [6, 6.07) is 17.0. The average Bonchev–Trinajstić information content (AvgIpc) is 2.59. The molecular weight excluding hydrogens is 270 g/mol. The van der Waals surface area contributed by atoms with Crippen LogP contribution in [0.15, 0.2) is 48.5 Å². The third kappa shape index (κ3) is 2.64. The maximum absolute atomic E-state index is 6.09. The third-order valence-electron chi connectivity index (χ3n) is 4.99. The minimum atomic E-state index is 0.461. The standard InChI is InChI=1S/C20H23NO/c1-6-13-21(14-7-1)15-12-16-17-8-2-4-10-19(17)22-20-11-5-3-9-18(16)20/h2-5,8-11,16H,1,6-7,12-15H2. The molecule has 0 aliphatic carbocycles. The second-order valence-corrected chi connectivity index (χ2v) is 6.42. The fraction of sp³-hybridized carbons (Fsp3) is 0.400. The van der Waals surface area contributed by atoms with Gasteiger partial charge in [0.05, 0.1) is 0 Å². The summed E-state index contributed by atoms with van der Waals surface area (Å²) in [7, 11) is 0. The van der Waals surface area contributed by atoms with Crippen LogP contribution < -0.4 is 4.74 Å². The molecule has 2 aliphatic heterocycles. The Hall–Kier alpha value is -1.80. The zero-order chi connectivity index (χ0) is 14.8. The van der Waals surface area contributed by atoms with E-state index < -0.39 is 0 Å². The second kappa shape index (κ2) is 6.13. The van der Waals surface area contributed by atoms with Crippen LogP contribution in [-0.4, -0.2) is 24.5 Å². The molecule has 2 heterocycles. The summed E-state index contributed by atoms with van der Waals surface area (Å²) in [5.74, 6) is 2.53. The van der Waals surface area contributed by atoms with Gasteiger partial charge in [-0.3, -0.25) is 0 Å². The van der Waals surface area contributed by atoms with E-state index in [0.717, 1.165) is 11.5 Å². The lowest BCUT2D eigenvalue weighted by atomic mass is 9.85. The molecule has 0 spiro atoms. The molecule has 22 heavy (non-hydrogen) atoms. The monoisotopic (exact) mass is 293 g/mol. The summed E-state index contributed by atoms with van der Waals surface area (Å²) in [6.07, 6.45) is 5.30. The number of hydrogen-bond acceptors (Lipinski definition) is 2. The van der Waals surface area contributed by atoms with Crippen molar-refractivity contribution in [3.63, 3.8) is 0 Å². The molecule has 0 bridgehead atoms. The van der Waals surface area contributed by atoms with Crippen LogP contribution in [0.4, 0.5) is 0 Å². The highest BCUT2D eigenvalue weighted by Crippen LogP contribution is 2.45. The van der Waals surface area contributed by atoms with Gasteiger partial charge >= 0.3 is 0 Å². The Labute approximate surface area is 132 Å². The van der Waals surface area contributed by atoms with Gasteiger partial charge in [0, 0.05) is 17.0 Å². The van der Waals surface area contributed by atoms with Crippen LogP contribution in [0.3, 0.4) is 0 Å². The third-order valence-corrected chi connectivity index (χ3v) is 4.99. The Morgan fingerprint density at radius 1 is 0.818 bits per heavy atom. The topological polar surface area (TPSA) is 12.5 Å². The minimum absolute atomic E-state index is 0.461. The summed E-state index contributed by atoms with van der Waals surface area (Å²) < 4.78 is 6.09. The Balaban J connectivity index is 1.60. The van der Waals surface area contributed by atoms with Crippen molar-refractivity contribution in [2.24, 2.45) is 0 Å². The molecule has 114 valence electrons. The Morgan fingerprint density at radius 2 is 1.41 bits per heavy atom. The van der Waals surface area contributed by atoms with Gasteiger partial charge in [-0.25, -0.2) is 0 Å². The Bertz CT molecular complexity index is 600. The molecule has 2 aromatic rings. The first kappa shape index (κ1) is 13.8. The molecule has 1 saturated heterocycles. The maximum Gasteiger partial charge on any atom is 0.131 e. The molecule has 0 N–H and O–H groups in total. The van der Waals surface area contributed by atoms with Gasteiger partial charge in [-0.1, -0.05) is 42.8 Å². The molecule has 0 atom stereocenters. The molecule has 0 saturated carbocycles. The highest BCUT2D eigenvalue weighted by Gasteiger charge is 2.27. The largest absolute Gasteiger partial charge is 0.457 e. The van der Waals surface area contributed by atoms with Gasteiger partial charge < -0.3 is 9.64 Å². The number of para-hydroxylation sites is 2. The molecule has 4 rings (SSSR count). The van der Waals surface area contributed by atoms with Crippen LogP contribution >= 0.6 is 0 Å². The lowest BCUT2D eigenvalue weighted by Crippen LogP contribution is -2.31. The second-order valence-electron chi connectivity index (χ2n) is 6.42. The molecule has 0 aromatic heterocycles. The zero-order valence-electron chi connectivity index (χ0n) is 13.0. The number of ether oxygens (including phenoxy) is 1. The van der Waals surface area contributed by atoms with E-state index >= 15 is 0 Å². The van der Waals surface area contributed by atoms with Crippen molar-refractivity contribution in [1.82, 2.24) is 4.90 Å². The predicted octanol–water partition coefficient (Wildman–Crippen LogP) is 4.80. The van der Waals surface area contributed by atoms with Crippen LogP contribution in [0.1, 0.15) is 42.7 Å². The lowest BCUT2D eigenvalue weighted by Gasteiger charge is -2.31. The SMILES string of the molecule is c1ccc2c(c1)Oc1ccccc1C2CCN1CCCCC1. The van der Waals surface area contributed by atoms with E-state index in [0.29, 0.717) is 5.92 Å². The minimum Gasteiger partial charge on any atom is -0.457 e. The average molecular weight is 293 g/mol. The number of hydrogen-bond donors (Lipinski definition) is 0. The van der Waals surface area contributed by atoms with Crippen molar-refractivity contribution < 1.29 is 4.74 Å². The summed E-state index contributed by atoms with van der Waals surface area (Å²) in [6.45, 7) is 3.73. The summed E-state index contributed by atoms with van der Waals surface area (Å²) >= 11 is 0. The van der Waals surface area contributed by atoms with Crippen molar-refractivity contribution in [3.8, 4) is 11.5 Å². The van der Waals surface area contributed by atoms with Crippen LogP contribution in [0.2, 0.25) is 0 Å². The molecular formula is C20H23NO. The maximum atomic E-state index is 6.09. The number of piperidine rings is 1. The number of benzene rings is 2. The van der Waals surface area contributed by atoms with Crippen molar-refractivity contribution in [2.75, 3.05) is 19.6 Å². The Morgan fingerprint density at radius 3 is 2.05 bits per heavy atom. The van der Waals surface area contributed by atoms with Crippen LogP contribution in [0.5, 0.6) is 11.5 Å². The van der Waals surface area contributed by atoms with Crippen molar-refractivity contribution >= 4 is 0 Å². The van der Waals surface area contributed by atoms with Gasteiger partial charge in [-0.2, -0.15) is 0 Å². The van der Waals surface area contributed by atoms with E-state index in [1.807, 2.05) is 0 Å². The van der Waals surface area contributed by atoms with E-state index in [4.69, 9.17) is 4.74 Å². The van der Waals surface area contributed by atoms with Crippen LogP contribution in [-0.2, 0) is 0 Å². The van der Waals surface area contributed by atoms with E-state index in [1.165, 1.54) is 56.4 Å². The number of fused-ring (bicyclic) bond motifs is 2. The van der Waals surface area contributed by atoms with Crippen LogP contribution in [0, 0.1) is 0 Å². The normalized spacial score (nSPS) is 18.4. The van der Waals surface area contributed by atoms with Gasteiger partial charge in [0.1, 0.15) is 11.5 Å². The molecule has 0 unspecified atom stereocenters. The quantitative estimate of drug-likeness (QED) is 0.806. The number of rotatable bonds is 3. The number of nitrogens with zero attached hydrogens (tertiary/aromatic N) is 1. The fourth-order valence-corrected chi connectivity index (χ4v) is 3.81. The predicted molar refractivity (Wildman–Crippen MR) is 89.7 cm³/mol. The zero-order valence-corrected chi connectivity index (χ0v) is 13.0. The van der Waals surface area contributed by atoms with Crippen molar-refractivity contribution in [2.45, 2.75) is 31.6 Å². The van der Waals surface area contributed by atoms with E-state index in [9.17, 15) is 0 Å². The smallest absolute Gasteiger partial charge is 0.131 e. The molecule has 0 amide bonds. The van der Waals surface area contributed by atoms with Gasteiger partial charge in [0.2, 0.25) is 0 Å². The van der Waals surface area contributed by atoms with Crippen LogP contribution in [0.25, 0.3) is 0 Å². The highest BCUT2D eigenvalue weighted by molar-refractivity contribution is 5.53. The van der Waals surface area contributed by atoms with Gasteiger partial charge in [-0.05, 0) is 51.0 Å². The molecule has 2 aliphatic rings. The first-order valence-corrected chi connectivity index (χ1v) is 8.50. The lowest BCUT2D eigenvalue weighted by molar-refractivity contribution is 0.222. The van der Waals surface area contributed by atoms with Gasteiger partial charge in [0.25, 0.3) is 0 Å². The summed E-state index contributed by atoms with van der Waals surface area (Å²) in [4.78, 5) is 2.63. The molecule has 2 aromatic carbocycles. The fourth-order valence-electron chi connectivity index (χ4n) is 3.81. The first-order valence-electron chi connectivity index (χ1n) is 8.50.